The van der Waals surface area contributed by atoms with Crippen LogP contribution < -0.4 is 16.0 Å². The highest BCUT2D eigenvalue weighted by Crippen LogP contribution is 2.16. The number of imide groups is 1. The summed E-state index contributed by atoms with van der Waals surface area (Å²) < 4.78 is 0. The van der Waals surface area contributed by atoms with Crippen LogP contribution in [0.2, 0.25) is 0 Å². The van der Waals surface area contributed by atoms with E-state index < -0.39 is 0 Å². The minimum atomic E-state index is -0.333. The molecule has 3 amide bonds. The van der Waals surface area contributed by atoms with Crippen molar-refractivity contribution < 1.29 is 9.59 Å². The topological polar surface area (TPSA) is 85.8 Å². The summed E-state index contributed by atoms with van der Waals surface area (Å²) >= 11 is 1.78. The van der Waals surface area contributed by atoms with Gasteiger partial charge in [-0.2, -0.15) is 0 Å². The highest BCUT2D eigenvalue weighted by Gasteiger charge is 2.27. The number of nitrogens with zero attached hydrogens (tertiary/aromatic N) is 2. The average molecular weight is 323 g/mol. The monoisotopic (exact) mass is 323 g/mol. The van der Waals surface area contributed by atoms with Gasteiger partial charge in [-0.1, -0.05) is 6.92 Å². The van der Waals surface area contributed by atoms with Gasteiger partial charge in [0.1, 0.15) is 0 Å². The molecular formula is C14H21N5O2S. The maximum atomic E-state index is 11.4. The number of carbonyl (C=O) groups excluding carboxylic acids is 2. The van der Waals surface area contributed by atoms with Gasteiger partial charge in [-0.15, -0.1) is 11.3 Å². The Hall–Kier alpha value is -2.09. The van der Waals surface area contributed by atoms with Crippen molar-refractivity contribution in [2.45, 2.75) is 19.9 Å². The summed E-state index contributed by atoms with van der Waals surface area (Å²) in [5.74, 6) is 0.457. The first-order chi connectivity index (χ1) is 10.6. The Morgan fingerprint density at radius 3 is 2.73 bits per heavy atom. The molecule has 2 heterocycles. The number of nitrogens with one attached hydrogen (secondary N) is 3. The second-order valence-electron chi connectivity index (χ2n) is 4.78. The second-order valence-corrected chi connectivity index (χ2v) is 6.03. The van der Waals surface area contributed by atoms with Crippen molar-refractivity contribution in [1.82, 2.24) is 20.9 Å². The van der Waals surface area contributed by atoms with Crippen molar-refractivity contribution in [3.8, 4) is 0 Å². The van der Waals surface area contributed by atoms with Gasteiger partial charge < -0.3 is 16.0 Å². The fraction of sp³-hybridized carbons (Fsp3) is 0.500. The fourth-order valence-electron chi connectivity index (χ4n) is 2.07. The highest BCUT2D eigenvalue weighted by molar-refractivity contribution is 7.11. The van der Waals surface area contributed by atoms with Crippen molar-refractivity contribution in [2.75, 3.05) is 26.7 Å². The summed E-state index contributed by atoms with van der Waals surface area (Å²) in [6, 6.07) is 3.91. The third kappa shape index (κ3) is 4.20. The summed E-state index contributed by atoms with van der Waals surface area (Å²) in [5, 5.41) is 8.81. The summed E-state index contributed by atoms with van der Waals surface area (Å²) in [7, 11) is 1.69. The first kappa shape index (κ1) is 16.3. The van der Waals surface area contributed by atoms with Crippen molar-refractivity contribution >= 4 is 29.2 Å². The maximum absolute atomic E-state index is 11.4. The number of aliphatic imine (C=N–C) groups is 1. The van der Waals surface area contributed by atoms with Crippen LogP contribution in [-0.4, -0.2) is 49.5 Å². The molecule has 0 unspecified atom stereocenters. The Balaban J connectivity index is 1.73. The fourth-order valence-corrected chi connectivity index (χ4v) is 2.96. The minimum Gasteiger partial charge on any atom is -0.355 e. The maximum Gasteiger partial charge on any atom is 0.324 e. The molecule has 1 aliphatic heterocycles. The number of thiophene rings is 1. The van der Waals surface area contributed by atoms with E-state index in [0.717, 1.165) is 6.42 Å². The number of guanidine groups is 1. The molecule has 120 valence electrons. The predicted octanol–water partition coefficient (Wildman–Crippen LogP) is 0.527. The molecule has 8 heteroatoms. The van der Waals surface area contributed by atoms with E-state index in [1.54, 1.807) is 18.4 Å². The van der Waals surface area contributed by atoms with E-state index >= 15 is 0 Å². The van der Waals surface area contributed by atoms with Gasteiger partial charge in [0, 0.05) is 29.9 Å². The lowest BCUT2D eigenvalue weighted by Gasteiger charge is -2.15. The minimum absolute atomic E-state index is 0.0872. The van der Waals surface area contributed by atoms with Crippen LogP contribution in [0, 0.1) is 0 Å². The number of carbonyl (C=O) groups is 2. The SMILES string of the molecule is CCc1ccc(CNC(=NC)NCCN2C(=O)CNC2=O)s1. The molecule has 0 saturated carbocycles. The molecule has 2 rings (SSSR count). The Bertz CT molecular complexity index is 553. The van der Waals surface area contributed by atoms with Crippen LogP contribution in [0.3, 0.4) is 0 Å². The first-order valence-corrected chi connectivity index (χ1v) is 8.06. The van der Waals surface area contributed by atoms with E-state index in [1.807, 2.05) is 0 Å². The highest BCUT2D eigenvalue weighted by atomic mass is 32.1. The van der Waals surface area contributed by atoms with Gasteiger partial charge in [-0.25, -0.2) is 4.79 Å². The summed E-state index contributed by atoms with van der Waals surface area (Å²) in [5.41, 5.74) is 0. The van der Waals surface area contributed by atoms with Crippen LogP contribution in [0.15, 0.2) is 17.1 Å². The quantitative estimate of drug-likeness (QED) is 0.405. The lowest BCUT2D eigenvalue weighted by Crippen LogP contribution is -2.42. The summed E-state index contributed by atoms with van der Waals surface area (Å²) in [4.78, 5) is 30.8. The Kier molecular flexibility index (Phi) is 5.76. The molecule has 3 N–H and O–H groups in total. The normalized spacial score (nSPS) is 15.2. The van der Waals surface area contributed by atoms with Gasteiger partial charge in [-0.3, -0.25) is 14.7 Å². The molecular weight excluding hydrogens is 302 g/mol. The zero-order valence-electron chi connectivity index (χ0n) is 12.8. The molecule has 22 heavy (non-hydrogen) atoms. The standard InChI is InChI=1S/C14H21N5O2S/c1-3-10-4-5-11(22-10)8-17-13(15-2)16-6-7-19-12(20)9-18-14(19)21/h4-5H,3,6-9H2,1-2H3,(H,18,21)(H2,15,16,17). The molecule has 1 aromatic rings. The van der Waals surface area contributed by atoms with Crippen molar-refractivity contribution in [3.05, 3.63) is 21.9 Å². The van der Waals surface area contributed by atoms with E-state index in [0.29, 0.717) is 25.6 Å². The lowest BCUT2D eigenvalue weighted by molar-refractivity contribution is -0.124. The van der Waals surface area contributed by atoms with E-state index in [9.17, 15) is 9.59 Å². The van der Waals surface area contributed by atoms with Gasteiger partial charge in [-0.05, 0) is 18.6 Å². The number of hydrogen-bond donors (Lipinski definition) is 3. The zero-order valence-corrected chi connectivity index (χ0v) is 13.6. The molecule has 1 aliphatic rings. The van der Waals surface area contributed by atoms with E-state index in [4.69, 9.17) is 0 Å². The number of aryl methyl sites for hydroxylation is 1. The average Bonchev–Trinajstić information content (AvgIpc) is 3.11. The molecule has 1 fully saturated rings. The molecule has 1 saturated heterocycles. The molecule has 0 aromatic carbocycles. The predicted molar refractivity (Wildman–Crippen MR) is 87.0 cm³/mol. The number of amides is 3. The third-order valence-electron chi connectivity index (χ3n) is 3.28. The smallest absolute Gasteiger partial charge is 0.324 e. The van der Waals surface area contributed by atoms with Crippen LogP contribution in [0.5, 0.6) is 0 Å². The number of rotatable bonds is 6. The lowest BCUT2D eigenvalue weighted by atomic mass is 10.4. The van der Waals surface area contributed by atoms with Crippen LogP contribution in [0.25, 0.3) is 0 Å². The third-order valence-corrected chi connectivity index (χ3v) is 4.51. The number of urea groups is 1. The van der Waals surface area contributed by atoms with Crippen LogP contribution in [-0.2, 0) is 17.8 Å². The molecule has 0 spiro atoms. The summed E-state index contributed by atoms with van der Waals surface area (Å²) in [6.07, 6.45) is 1.05. The molecule has 1 aromatic heterocycles. The molecule has 0 radical (unpaired) electrons. The molecule has 7 nitrogen and oxygen atoms in total. The largest absolute Gasteiger partial charge is 0.355 e. The van der Waals surface area contributed by atoms with E-state index in [2.05, 4.69) is 40.0 Å². The van der Waals surface area contributed by atoms with Crippen LogP contribution in [0.4, 0.5) is 4.79 Å². The molecule has 0 bridgehead atoms. The summed E-state index contributed by atoms with van der Waals surface area (Å²) in [6.45, 7) is 3.71. The van der Waals surface area contributed by atoms with Gasteiger partial charge >= 0.3 is 6.03 Å². The Morgan fingerprint density at radius 1 is 1.36 bits per heavy atom. The van der Waals surface area contributed by atoms with E-state index in [1.165, 1.54) is 14.7 Å². The van der Waals surface area contributed by atoms with Crippen molar-refractivity contribution in [3.63, 3.8) is 0 Å². The number of hydrogen-bond acceptors (Lipinski definition) is 4. The second kappa shape index (κ2) is 7.79. The Morgan fingerprint density at radius 2 is 2.14 bits per heavy atom. The van der Waals surface area contributed by atoms with Crippen molar-refractivity contribution in [2.24, 2.45) is 4.99 Å². The van der Waals surface area contributed by atoms with E-state index in [-0.39, 0.29) is 18.5 Å². The van der Waals surface area contributed by atoms with Crippen LogP contribution in [0.1, 0.15) is 16.7 Å². The van der Waals surface area contributed by atoms with Gasteiger partial charge in [0.25, 0.3) is 0 Å². The molecule has 0 aliphatic carbocycles. The van der Waals surface area contributed by atoms with Gasteiger partial charge in [0.15, 0.2) is 5.96 Å². The first-order valence-electron chi connectivity index (χ1n) is 7.24. The van der Waals surface area contributed by atoms with Gasteiger partial charge in [0.2, 0.25) is 5.91 Å². The Labute approximate surface area is 133 Å². The van der Waals surface area contributed by atoms with Crippen LogP contribution >= 0.6 is 11.3 Å². The molecule has 0 atom stereocenters. The van der Waals surface area contributed by atoms with Crippen molar-refractivity contribution in [1.29, 1.82) is 0 Å². The zero-order chi connectivity index (χ0) is 15.9. The van der Waals surface area contributed by atoms with Gasteiger partial charge in [0.05, 0.1) is 13.1 Å².